The summed E-state index contributed by atoms with van der Waals surface area (Å²) in [5, 5.41) is 6.85. The third-order valence-corrected chi connectivity index (χ3v) is 3.78. The molecule has 0 aromatic heterocycles. The van der Waals surface area contributed by atoms with Gasteiger partial charge in [0, 0.05) is 19.6 Å². The van der Waals surface area contributed by atoms with E-state index in [0.717, 1.165) is 18.4 Å². The van der Waals surface area contributed by atoms with E-state index in [1.807, 2.05) is 7.05 Å². The molecule has 2 unspecified atom stereocenters. The van der Waals surface area contributed by atoms with E-state index >= 15 is 0 Å². The summed E-state index contributed by atoms with van der Waals surface area (Å²) in [4.78, 5) is 4.26. The molecule has 2 rings (SSSR count). The molecule has 0 radical (unpaired) electrons. The zero-order chi connectivity index (χ0) is 12.1. The highest BCUT2D eigenvalue weighted by molar-refractivity contribution is 14.0. The Hall–Kier alpha value is -0.260. The standard InChI is InChI=1S/C14H25N3.HI/c1-11-10-13(11)17-14(15-2)16-9-8-12-6-4-3-5-7-12;/h6,11,13H,3-5,7-10H2,1-2H3,(H2,15,16,17);1H. The van der Waals surface area contributed by atoms with E-state index in [1.54, 1.807) is 5.57 Å². The average Bonchev–Trinajstić information content (AvgIpc) is 3.05. The molecule has 0 amide bonds. The van der Waals surface area contributed by atoms with Crippen molar-refractivity contribution in [1.29, 1.82) is 0 Å². The number of halogens is 1. The molecule has 1 saturated carbocycles. The van der Waals surface area contributed by atoms with Crippen LogP contribution in [0.5, 0.6) is 0 Å². The number of nitrogens with zero attached hydrogens (tertiary/aromatic N) is 1. The highest BCUT2D eigenvalue weighted by Crippen LogP contribution is 2.28. The number of hydrogen-bond acceptors (Lipinski definition) is 1. The van der Waals surface area contributed by atoms with Gasteiger partial charge in [0.15, 0.2) is 5.96 Å². The van der Waals surface area contributed by atoms with Crippen LogP contribution in [0, 0.1) is 5.92 Å². The second kappa shape index (κ2) is 8.02. The molecule has 104 valence electrons. The van der Waals surface area contributed by atoms with E-state index in [1.165, 1.54) is 38.5 Å². The van der Waals surface area contributed by atoms with Gasteiger partial charge in [0.2, 0.25) is 0 Å². The summed E-state index contributed by atoms with van der Waals surface area (Å²) in [6.45, 7) is 3.28. The van der Waals surface area contributed by atoms with Gasteiger partial charge >= 0.3 is 0 Å². The van der Waals surface area contributed by atoms with Gasteiger partial charge in [0.05, 0.1) is 0 Å². The van der Waals surface area contributed by atoms with Crippen LogP contribution in [-0.4, -0.2) is 25.6 Å². The topological polar surface area (TPSA) is 36.4 Å². The van der Waals surface area contributed by atoms with E-state index < -0.39 is 0 Å². The van der Waals surface area contributed by atoms with Gasteiger partial charge < -0.3 is 10.6 Å². The van der Waals surface area contributed by atoms with Crippen LogP contribution in [0.4, 0.5) is 0 Å². The van der Waals surface area contributed by atoms with Crippen LogP contribution in [0.25, 0.3) is 0 Å². The fourth-order valence-electron chi connectivity index (χ4n) is 2.37. The second-order valence-electron chi connectivity index (χ2n) is 5.32. The number of rotatable bonds is 4. The Kier molecular flexibility index (Phi) is 7.04. The quantitative estimate of drug-likeness (QED) is 0.349. The van der Waals surface area contributed by atoms with E-state index in [2.05, 4.69) is 28.6 Å². The molecule has 3 nitrogen and oxygen atoms in total. The molecule has 0 bridgehead atoms. The fourth-order valence-corrected chi connectivity index (χ4v) is 2.37. The first-order chi connectivity index (χ1) is 8.29. The van der Waals surface area contributed by atoms with Gasteiger partial charge in [-0.2, -0.15) is 0 Å². The van der Waals surface area contributed by atoms with Gasteiger partial charge in [0.25, 0.3) is 0 Å². The maximum atomic E-state index is 4.26. The fraction of sp³-hybridized carbons (Fsp3) is 0.786. The number of nitrogens with one attached hydrogen (secondary N) is 2. The monoisotopic (exact) mass is 363 g/mol. The minimum Gasteiger partial charge on any atom is -0.356 e. The van der Waals surface area contributed by atoms with Gasteiger partial charge in [0.1, 0.15) is 0 Å². The summed E-state index contributed by atoms with van der Waals surface area (Å²) >= 11 is 0. The van der Waals surface area contributed by atoms with Gasteiger partial charge in [-0.3, -0.25) is 4.99 Å². The minimum absolute atomic E-state index is 0. The maximum Gasteiger partial charge on any atom is 0.191 e. The lowest BCUT2D eigenvalue weighted by molar-refractivity contribution is 0.664. The largest absolute Gasteiger partial charge is 0.356 e. The summed E-state index contributed by atoms with van der Waals surface area (Å²) in [5.74, 6) is 1.78. The lowest BCUT2D eigenvalue weighted by atomic mass is 9.97. The SMILES string of the molecule is CN=C(NCCC1=CCCCC1)NC1CC1C.I. The number of guanidine groups is 1. The highest BCUT2D eigenvalue weighted by Gasteiger charge is 2.33. The molecule has 2 aliphatic rings. The molecule has 2 N–H and O–H groups in total. The smallest absolute Gasteiger partial charge is 0.191 e. The third-order valence-electron chi connectivity index (χ3n) is 3.78. The first-order valence-electron chi connectivity index (χ1n) is 6.94. The molecule has 0 aromatic rings. The Morgan fingerprint density at radius 1 is 1.44 bits per heavy atom. The number of aliphatic imine (C=N–C) groups is 1. The van der Waals surface area contributed by atoms with Crippen molar-refractivity contribution >= 4 is 29.9 Å². The van der Waals surface area contributed by atoms with E-state index in [9.17, 15) is 0 Å². The van der Waals surface area contributed by atoms with Crippen molar-refractivity contribution in [2.75, 3.05) is 13.6 Å². The molecule has 18 heavy (non-hydrogen) atoms. The zero-order valence-corrected chi connectivity index (χ0v) is 13.9. The van der Waals surface area contributed by atoms with E-state index in [0.29, 0.717) is 6.04 Å². The molecule has 2 aliphatic carbocycles. The Morgan fingerprint density at radius 2 is 2.22 bits per heavy atom. The van der Waals surface area contributed by atoms with Crippen molar-refractivity contribution in [3.05, 3.63) is 11.6 Å². The first kappa shape index (κ1) is 15.8. The zero-order valence-electron chi connectivity index (χ0n) is 11.5. The normalized spacial score (nSPS) is 27.0. The Bertz CT molecular complexity index is 312. The van der Waals surface area contributed by atoms with Crippen molar-refractivity contribution in [3.63, 3.8) is 0 Å². The van der Waals surface area contributed by atoms with Gasteiger partial charge in [-0.15, -0.1) is 24.0 Å². The predicted molar refractivity (Wildman–Crippen MR) is 88.6 cm³/mol. The second-order valence-corrected chi connectivity index (χ2v) is 5.32. The lowest BCUT2D eigenvalue weighted by Crippen LogP contribution is -2.39. The maximum absolute atomic E-state index is 4.26. The lowest BCUT2D eigenvalue weighted by Gasteiger charge is -2.15. The summed E-state index contributed by atoms with van der Waals surface area (Å²) in [5.41, 5.74) is 1.62. The highest BCUT2D eigenvalue weighted by atomic mass is 127. The summed E-state index contributed by atoms with van der Waals surface area (Å²) in [7, 11) is 1.85. The molecule has 2 atom stereocenters. The molecule has 1 fully saturated rings. The predicted octanol–water partition coefficient (Wildman–Crippen LogP) is 3.07. The molecular formula is C14H26IN3. The number of allylic oxidation sites excluding steroid dienone is 1. The van der Waals surface area contributed by atoms with E-state index in [4.69, 9.17) is 0 Å². The summed E-state index contributed by atoms with van der Waals surface area (Å²) in [6.07, 6.45) is 10.2. The first-order valence-corrected chi connectivity index (χ1v) is 6.94. The molecule has 0 aliphatic heterocycles. The van der Waals surface area contributed by atoms with Gasteiger partial charge in [-0.05, 0) is 44.4 Å². The van der Waals surface area contributed by atoms with E-state index in [-0.39, 0.29) is 24.0 Å². The van der Waals surface area contributed by atoms with Crippen LogP contribution in [0.1, 0.15) is 45.4 Å². The van der Waals surface area contributed by atoms with Gasteiger partial charge in [-0.1, -0.05) is 18.6 Å². The summed E-state index contributed by atoms with van der Waals surface area (Å²) in [6, 6.07) is 0.648. The van der Waals surface area contributed by atoms with Crippen molar-refractivity contribution in [2.24, 2.45) is 10.9 Å². The van der Waals surface area contributed by atoms with Crippen molar-refractivity contribution in [1.82, 2.24) is 10.6 Å². The molecule has 0 saturated heterocycles. The van der Waals surface area contributed by atoms with Crippen LogP contribution in [0.15, 0.2) is 16.6 Å². The van der Waals surface area contributed by atoms with Crippen molar-refractivity contribution in [3.8, 4) is 0 Å². The van der Waals surface area contributed by atoms with Crippen LogP contribution in [0.3, 0.4) is 0 Å². The van der Waals surface area contributed by atoms with Gasteiger partial charge in [-0.25, -0.2) is 0 Å². The van der Waals surface area contributed by atoms with Crippen LogP contribution in [-0.2, 0) is 0 Å². The Balaban J connectivity index is 0.00000162. The van der Waals surface area contributed by atoms with Crippen LogP contribution >= 0.6 is 24.0 Å². The molecule has 0 aromatic carbocycles. The Labute approximate surface area is 128 Å². The third kappa shape index (κ3) is 5.16. The number of hydrogen-bond donors (Lipinski definition) is 2. The van der Waals surface area contributed by atoms with Crippen molar-refractivity contribution < 1.29 is 0 Å². The Morgan fingerprint density at radius 3 is 2.78 bits per heavy atom. The summed E-state index contributed by atoms with van der Waals surface area (Å²) < 4.78 is 0. The molecule has 4 heteroatoms. The van der Waals surface area contributed by atoms with Crippen LogP contribution < -0.4 is 10.6 Å². The van der Waals surface area contributed by atoms with Crippen LogP contribution in [0.2, 0.25) is 0 Å². The molecular weight excluding hydrogens is 337 g/mol. The molecule has 0 heterocycles. The average molecular weight is 363 g/mol. The minimum atomic E-state index is 0. The molecule has 0 spiro atoms. The van der Waals surface area contributed by atoms with Crippen molar-refractivity contribution in [2.45, 2.75) is 51.5 Å².